The summed E-state index contributed by atoms with van der Waals surface area (Å²) < 4.78 is 34.3. The molecule has 2 N–H and O–H groups in total. The third-order valence-corrected chi connectivity index (χ3v) is 9.18. The Kier molecular flexibility index (Phi) is 20.8. The van der Waals surface area contributed by atoms with Gasteiger partial charge < -0.3 is 39.1 Å². The summed E-state index contributed by atoms with van der Waals surface area (Å²) in [5.74, 6) is 0.438. The number of carbonyl (C=O) groups excluding carboxylic acids is 1. The van der Waals surface area contributed by atoms with Crippen molar-refractivity contribution in [1.82, 2.24) is 10.6 Å². The van der Waals surface area contributed by atoms with Crippen molar-refractivity contribution >= 4 is 27.5 Å². The third kappa shape index (κ3) is 21.3. The van der Waals surface area contributed by atoms with E-state index in [4.69, 9.17) is 28.4 Å². The maximum absolute atomic E-state index is 12.6. The van der Waals surface area contributed by atoms with Gasteiger partial charge in [-0.3, -0.25) is 4.79 Å². The van der Waals surface area contributed by atoms with Crippen LogP contribution in [-0.4, -0.2) is 101 Å². The summed E-state index contributed by atoms with van der Waals surface area (Å²) in [6.45, 7) is 21.3. The van der Waals surface area contributed by atoms with Crippen molar-refractivity contribution in [3.63, 3.8) is 0 Å². The average Bonchev–Trinajstić information content (AvgIpc) is 2.93. The van der Waals surface area contributed by atoms with E-state index in [0.29, 0.717) is 83.4 Å². The predicted molar refractivity (Wildman–Crippen MR) is 170 cm³/mol. The van der Waals surface area contributed by atoms with Gasteiger partial charge in [-0.1, -0.05) is 62.3 Å². The first kappa shape index (κ1) is 38.0. The lowest BCUT2D eigenvalue weighted by atomic mass is 10.2. The zero-order valence-electron chi connectivity index (χ0n) is 26.3. The molecule has 0 spiro atoms. The van der Waals surface area contributed by atoms with Crippen LogP contribution in [0.5, 0.6) is 5.75 Å². The molecule has 0 aliphatic heterocycles. The number of nitrogens with one attached hydrogen (secondary N) is 2. The second-order valence-electron chi connectivity index (χ2n) is 10.8. The van der Waals surface area contributed by atoms with Crippen molar-refractivity contribution in [1.29, 1.82) is 0 Å². The van der Waals surface area contributed by atoms with Crippen LogP contribution in [0.1, 0.15) is 65.2 Å². The Morgan fingerprint density at radius 1 is 0.854 bits per heavy atom. The minimum Gasteiger partial charge on any atom is -0.490 e. The van der Waals surface area contributed by atoms with E-state index in [1.165, 1.54) is 0 Å². The maximum Gasteiger partial charge on any atom is 0.251 e. The lowest BCUT2D eigenvalue weighted by Crippen LogP contribution is -2.33. The van der Waals surface area contributed by atoms with Crippen molar-refractivity contribution in [2.45, 2.75) is 70.6 Å². The summed E-state index contributed by atoms with van der Waals surface area (Å²) in [4.78, 5) is 12.1. The van der Waals surface area contributed by atoms with Gasteiger partial charge in [0.25, 0.3) is 5.91 Å². The minimum atomic E-state index is -0.577. The summed E-state index contributed by atoms with van der Waals surface area (Å²) >= 11 is 0. The number of rotatable bonds is 25. The Morgan fingerprint density at radius 3 is 2.17 bits per heavy atom. The van der Waals surface area contributed by atoms with Gasteiger partial charge in [-0.2, -0.15) is 0 Å². The molecule has 9 nitrogen and oxygen atoms in total. The van der Waals surface area contributed by atoms with Gasteiger partial charge in [0, 0.05) is 36.1 Å². The van der Waals surface area contributed by atoms with Gasteiger partial charge in [0.05, 0.1) is 46.2 Å². The summed E-state index contributed by atoms with van der Waals surface area (Å²) in [5.41, 5.74) is 0.529. The zero-order valence-corrected chi connectivity index (χ0v) is 27.9. The molecule has 0 radical (unpaired) electrons. The van der Waals surface area contributed by atoms with Gasteiger partial charge >= 0.3 is 0 Å². The minimum absolute atomic E-state index is 0.0730. The lowest BCUT2D eigenvalue weighted by molar-refractivity contribution is -0.0224. The van der Waals surface area contributed by atoms with E-state index in [1.54, 1.807) is 33.7 Å². The van der Waals surface area contributed by atoms with Crippen LogP contribution in [0, 0.1) is 0 Å². The topological polar surface area (TPSA) is 96.5 Å². The Morgan fingerprint density at radius 2 is 1.51 bits per heavy atom. The second kappa shape index (κ2) is 22.5. The number of benzene rings is 1. The highest BCUT2D eigenvalue weighted by molar-refractivity contribution is 8.77. The molecule has 0 fully saturated rings. The van der Waals surface area contributed by atoms with Gasteiger partial charge in [0.2, 0.25) is 0 Å². The standard InChI is InChI=1S/C30H54N2O7S2/c1-8-34-21-22-39-30(7,41-40-29(4,5)6)24-38-27-12-9-11-26(23-27)28(33)32-14-16-36-18-20-37-19-17-35-15-10-13-31-25(2)3/h9,11-12,23,25,31H,8,10,13-22,24H2,1-7H3,(H,32,33). The van der Waals surface area contributed by atoms with E-state index in [2.05, 4.69) is 45.3 Å². The largest absolute Gasteiger partial charge is 0.490 e. The van der Waals surface area contributed by atoms with Crippen LogP contribution in [0.15, 0.2) is 24.3 Å². The van der Waals surface area contributed by atoms with Crippen molar-refractivity contribution in [3.8, 4) is 5.75 Å². The van der Waals surface area contributed by atoms with E-state index in [1.807, 2.05) is 26.0 Å². The molecule has 1 aromatic carbocycles. The molecule has 1 atom stereocenters. The number of hydrogen-bond acceptors (Lipinski definition) is 10. The SMILES string of the molecule is CCOCCOC(C)(COc1cccc(C(=O)NCCOCCOCCOCCCNC(C)C)c1)SSC(C)(C)C. The zero-order chi connectivity index (χ0) is 30.4. The average molecular weight is 619 g/mol. The highest BCUT2D eigenvalue weighted by atomic mass is 33.1. The van der Waals surface area contributed by atoms with Crippen molar-refractivity contribution in [3.05, 3.63) is 29.8 Å². The molecule has 11 heteroatoms. The third-order valence-electron chi connectivity index (χ3n) is 5.20. The van der Waals surface area contributed by atoms with E-state index in [9.17, 15) is 4.79 Å². The monoisotopic (exact) mass is 618 g/mol. The van der Waals surface area contributed by atoms with Crippen LogP contribution in [-0.2, 0) is 23.7 Å². The summed E-state index contributed by atoms with van der Waals surface area (Å²) in [7, 11) is 3.40. The summed E-state index contributed by atoms with van der Waals surface area (Å²) in [5, 5.41) is 6.24. The van der Waals surface area contributed by atoms with Gasteiger partial charge in [-0.15, -0.1) is 0 Å². The first-order valence-electron chi connectivity index (χ1n) is 14.6. The normalized spacial score (nSPS) is 13.4. The molecular weight excluding hydrogens is 564 g/mol. The smallest absolute Gasteiger partial charge is 0.251 e. The second-order valence-corrected chi connectivity index (χ2v) is 14.3. The van der Waals surface area contributed by atoms with Gasteiger partial charge in [-0.25, -0.2) is 0 Å². The molecule has 0 aromatic heterocycles. The van der Waals surface area contributed by atoms with E-state index >= 15 is 0 Å². The van der Waals surface area contributed by atoms with Gasteiger partial charge in [0.15, 0.2) is 4.93 Å². The maximum atomic E-state index is 12.6. The molecule has 0 saturated carbocycles. The van der Waals surface area contributed by atoms with E-state index in [0.717, 1.165) is 19.6 Å². The van der Waals surface area contributed by atoms with Crippen molar-refractivity contribution in [2.24, 2.45) is 0 Å². The fourth-order valence-corrected chi connectivity index (χ4v) is 5.38. The molecule has 41 heavy (non-hydrogen) atoms. The first-order chi connectivity index (χ1) is 19.5. The number of ether oxygens (including phenoxy) is 6. The Bertz CT molecular complexity index is 811. The van der Waals surface area contributed by atoms with Crippen LogP contribution in [0.3, 0.4) is 0 Å². The molecule has 1 aromatic rings. The fraction of sp³-hybridized carbons (Fsp3) is 0.767. The number of amides is 1. The van der Waals surface area contributed by atoms with Crippen LogP contribution in [0.25, 0.3) is 0 Å². The highest BCUT2D eigenvalue weighted by Gasteiger charge is 2.30. The molecule has 0 heterocycles. The Labute approximate surface area is 256 Å². The Balaban J connectivity index is 2.29. The number of carbonyl (C=O) groups is 1. The summed E-state index contributed by atoms with van der Waals surface area (Å²) in [6.07, 6.45) is 0.990. The van der Waals surface area contributed by atoms with Crippen LogP contribution in [0.4, 0.5) is 0 Å². The van der Waals surface area contributed by atoms with Crippen LogP contribution in [0.2, 0.25) is 0 Å². The van der Waals surface area contributed by atoms with Crippen molar-refractivity contribution in [2.75, 3.05) is 79.2 Å². The van der Waals surface area contributed by atoms with Gasteiger partial charge in [0.1, 0.15) is 12.4 Å². The van der Waals surface area contributed by atoms with Crippen LogP contribution < -0.4 is 15.4 Å². The molecule has 238 valence electrons. The van der Waals surface area contributed by atoms with Gasteiger partial charge in [-0.05, 0) is 45.0 Å². The quantitative estimate of drug-likeness (QED) is 0.0867. The molecule has 1 unspecified atom stereocenters. The number of hydrogen-bond donors (Lipinski definition) is 2. The Hall–Kier alpha value is -1.05. The van der Waals surface area contributed by atoms with E-state index < -0.39 is 4.93 Å². The lowest BCUT2D eigenvalue weighted by Gasteiger charge is -2.31. The molecular formula is C30H54N2O7S2. The van der Waals surface area contributed by atoms with Crippen LogP contribution >= 0.6 is 21.6 Å². The summed E-state index contributed by atoms with van der Waals surface area (Å²) in [6, 6.07) is 7.67. The molecule has 0 saturated heterocycles. The highest BCUT2D eigenvalue weighted by Crippen LogP contribution is 2.44. The van der Waals surface area contributed by atoms with Crippen molar-refractivity contribution < 1.29 is 33.2 Å². The molecule has 0 bridgehead atoms. The first-order valence-corrected chi connectivity index (χ1v) is 16.8. The molecule has 0 aliphatic rings. The molecule has 0 aliphatic carbocycles. The van der Waals surface area contributed by atoms with E-state index in [-0.39, 0.29) is 10.7 Å². The predicted octanol–water partition coefficient (Wildman–Crippen LogP) is 5.18. The molecule has 1 rings (SSSR count). The molecule has 1 amide bonds. The fourth-order valence-electron chi connectivity index (χ4n) is 3.15.